The summed E-state index contributed by atoms with van der Waals surface area (Å²) in [6, 6.07) is 4.50. The molecule has 2 amide bonds. The van der Waals surface area contributed by atoms with Gasteiger partial charge >= 0.3 is 0 Å². The second kappa shape index (κ2) is 9.17. The SMILES string of the molecule is Cc1ccc(F)c(NC(=O)CCC(=O)N2CCC([C@@H](O)c3nccn3C)CC2)c1. The van der Waals surface area contributed by atoms with Crippen LogP contribution in [0.5, 0.6) is 0 Å². The van der Waals surface area contributed by atoms with Gasteiger partial charge < -0.3 is 19.9 Å². The molecule has 8 heteroatoms. The first-order valence-electron chi connectivity index (χ1n) is 9.84. The average molecular weight is 402 g/mol. The molecule has 29 heavy (non-hydrogen) atoms. The van der Waals surface area contributed by atoms with Gasteiger partial charge in [0.2, 0.25) is 11.8 Å². The van der Waals surface area contributed by atoms with E-state index in [0.717, 1.165) is 5.56 Å². The van der Waals surface area contributed by atoms with Crippen molar-refractivity contribution in [2.24, 2.45) is 13.0 Å². The number of rotatable bonds is 6. The third-order valence-corrected chi connectivity index (χ3v) is 5.42. The van der Waals surface area contributed by atoms with Gasteiger partial charge in [0.1, 0.15) is 17.7 Å². The van der Waals surface area contributed by atoms with Crippen molar-refractivity contribution in [1.82, 2.24) is 14.5 Å². The molecule has 2 aromatic rings. The van der Waals surface area contributed by atoms with Crippen LogP contribution < -0.4 is 5.32 Å². The van der Waals surface area contributed by atoms with Gasteiger partial charge in [-0.2, -0.15) is 0 Å². The Kier molecular flexibility index (Phi) is 6.64. The lowest BCUT2D eigenvalue weighted by molar-refractivity contribution is -0.134. The average Bonchev–Trinajstić information content (AvgIpc) is 3.14. The zero-order valence-electron chi connectivity index (χ0n) is 16.8. The highest BCUT2D eigenvalue weighted by molar-refractivity contribution is 5.93. The molecule has 3 rings (SSSR count). The molecule has 0 saturated carbocycles. The Hall–Kier alpha value is -2.74. The summed E-state index contributed by atoms with van der Waals surface area (Å²) in [5.74, 6) is -0.302. The maximum absolute atomic E-state index is 13.7. The fourth-order valence-corrected chi connectivity index (χ4v) is 3.66. The lowest BCUT2D eigenvalue weighted by atomic mass is 9.90. The summed E-state index contributed by atoms with van der Waals surface area (Å²) in [6.45, 7) is 2.89. The molecule has 1 aromatic carbocycles. The molecule has 0 radical (unpaired) electrons. The third-order valence-electron chi connectivity index (χ3n) is 5.42. The van der Waals surface area contributed by atoms with Crippen molar-refractivity contribution < 1.29 is 19.1 Å². The Morgan fingerprint density at radius 2 is 2.03 bits per heavy atom. The van der Waals surface area contributed by atoms with Crippen LogP contribution in [0, 0.1) is 18.7 Å². The number of piperidine rings is 1. The number of nitrogens with zero attached hydrogens (tertiary/aromatic N) is 3. The lowest BCUT2D eigenvalue weighted by Crippen LogP contribution is -2.40. The number of nitrogens with one attached hydrogen (secondary N) is 1. The number of amides is 2. The Morgan fingerprint density at radius 3 is 2.69 bits per heavy atom. The molecule has 1 fully saturated rings. The first-order valence-corrected chi connectivity index (χ1v) is 9.84. The number of anilines is 1. The standard InChI is InChI=1S/C21H27FN4O3/c1-14-3-4-16(22)17(13-14)24-18(27)5-6-19(28)26-10-7-15(8-11-26)20(29)21-23-9-12-25(21)2/h3-4,9,12-13,15,20,29H,5-8,10-11H2,1-2H3,(H,24,27)/t20-/m1/s1. The normalized spacial score (nSPS) is 15.9. The largest absolute Gasteiger partial charge is 0.385 e. The van der Waals surface area contributed by atoms with Crippen LogP contribution in [0.2, 0.25) is 0 Å². The van der Waals surface area contributed by atoms with E-state index in [1.807, 2.05) is 14.0 Å². The van der Waals surface area contributed by atoms with E-state index in [0.29, 0.717) is 31.8 Å². The number of benzene rings is 1. The number of likely N-dealkylation sites (tertiary alicyclic amines) is 1. The molecular weight excluding hydrogens is 375 g/mol. The van der Waals surface area contributed by atoms with Crippen LogP contribution in [0.25, 0.3) is 0 Å². The summed E-state index contributed by atoms with van der Waals surface area (Å²) >= 11 is 0. The molecule has 0 aliphatic carbocycles. The van der Waals surface area contributed by atoms with Gasteiger partial charge in [-0.05, 0) is 43.4 Å². The minimum Gasteiger partial charge on any atom is -0.385 e. The van der Waals surface area contributed by atoms with Crippen LogP contribution >= 0.6 is 0 Å². The molecule has 7 nitrogen and oxygen atoms in total. The Labute approximate surface area is 169 Å². The molecule has 1 aromatic heterocycles. The van der Waals surface area contributed by atoms with Crippen molar-refractivity contribution in [1.29, 1.82) is 0 Å². The number of carbonyl (C=O) groups excluding carboxylic acids is 2. The first-order chi connectivity index (χ1) is 13.8. The zero-order chi connectivity index (χ0) is 21.0. The quantitative estimate of drug-likeness (QED) is 0.777. The third kappa shape index (κ3) is 5.20. The molecule has 0 unspecified atom stereocenters. The summed E-state index contributed by atoms with van der Waals surface area (Å²) in [5, 5.41) is 13.1. The number of aliphatic hydroxyl groups excluding tert-OH is 1. The fraction of sp³-hybridized carbons (Fsp3) is 0.476. The van der Waals surface area contributed by atoms with Crippen molar-refractivity contribution >= 4 is 17.5 Å². The number of hydrogen-bond donors (Lipinski definition) is 2. The molecule has 1 aliphatic heterocycles. The number of halogens is 1. The minimum absolute atomic E-state index is 0.00202. The van der Waals surface area contributed by atoms with Crippen molar-refractivity contribution in [3.8, 4) is 0 Å². The van der Waals surface area contributed by atoms with Crippen LogP contribution in [-0.4, -0.2) is 44.5 Å². The van der Waals surface area contributed by atoms with E-state index in [2.05, 4.69) is 10.3 Å². The van der Waals surface area contributed by atoms with E-state index in [1.54, 1.807) is 34.0 Å². The summed E-state index contributed by atoms with van der Waals surface area (Å²) in [5.41, 5.74) is 0.972. The van der Waals surface area contributed by atoms with Crippen LogP contribution in [0.1, 0.15) is 43.2 Å². The van der Waals surface area contributed by atoms with Gasteiger partial charge in [-0.3, -0.25) is 9.59 Å². The highest BCUT2D eigenvalue weighted by atomic mass is 19.1. The van der Waals surface area contributed by atoms with Crippen LogP contribution in [0.3, 0.4) is 0 Å². The number of carbonyl (C=O) groups is 2. The van der Waals surface area contributed by atoms with Crippen molar-refractivity contribution in [2.75, 3.05) is 18.4 Å². The maximum Gasteiger partial charge on any atom is 0.224 e. The molecule has 0 spiro atoms. The molecule has 156 valence electrons. The molecular formula is C21H27FN4O3. The van der Waals surface area contributed by atoms with Gasteiger partial charge in [0, 0.05) is 45.4 Å². The molecule has 0 bridgehead atoms. The van der Waals surface area contributed by atoms with Crippen LogP contribution in [-0.2, 0) is 16.6 Å². The minimum atomic E-state index is -0.651. The number of hydrogen-bond acceptors (Lipinski definition) is 4. The molecule has 1 aliphatic rings. The van der Waals surface area contributed by atoms with E-state index in [1.165, 1.54) is 6.07 Å². The van der Waals surface area contributed by atoms with Gasteiger partial charge in [0.05, 0.1) is 5.69 Å². The van der Waals surface area contributed by atoms with Gasteiger partial charge in [0.15, 0.2) is 0 Å². The van der Waals surface area contributed by atoms with Crippen LogP contribution in [0.15, 0.2) is 30.6 Å². The van der Waals surface area contributed by atoms with Crippen molar-refractivity contribution in [3.63, 3.8) is 0 Å². The van der Waals surface area contributed by atoms with E-state index in [-0.39, 0.29) is 36.3 Å². The topological polar surface area (TPSA) is 87.5 Å². The van der Waals surface area contributed by atoms with Gasteiger partial charge in [0.25, 0.3) is 0 Å². The Balaban J connectivity index is 1.44. The second-order valence-electron chi connectivity index (χ2n) is 7.59. The predicted molar refractivity (Wildman–Crippen MR) is 106 cm³/mol. The first kappa shape index (κ1) is 21.0. The molecule has 1 atom stereocenters. The second-order valence-corrected chi connectivity index (χ2v) is 7.59. The summed E-state index contributed by atoms with van der Waals surface area (Å²) < 4.78 is 15.5. The Morgan fingerprint density at radius 1 is 1.31 bits per heavy atom. The zero-order valence-corrected chi connectivity index (χ0v) is 16.8. The van der Waals surface area contributed by atoms with E-state index in [4.69, 9.17) is 0 Å². The number of aliphatic hydroxyl groups is 1. The molecule has 2 heterocycles. The van der Waals surface area contributed by atoms with E-state index in [9.17, 15) is 19.1 Å². The van der Waals surface area contributed by atoms with Crippen LogP contribution in [0.4, 0.5) is 10.1 Å². The van der Waals surface area contributed by atoms with E-state index < -0.39 is 11.9 Å². The summed E-state index contributed by atoms with van der Waals surface area (Å²) in [4.78, 5) is 30.4. The number of aryl methyl sites for hydroxylation is 2. The highest BCUT2D eigenvalue weighted by Crippen LogP contribution is 2.30. The van der Waals surface area contributed by atoms with Gasteiger partial charge in [-0.25, -0.2) is 9.37 Å². The van der Waals surface area contributed by atoms with E-state index >= 15 is 0 Å². The predicted octanol–water partition coefficient (Wildman–Crippen LogP) is 2.56. The molecule has 2 N–H and O–H groups in total. The lowest BCUT2D eigenvalue weighted by Gasteiger charge is -2.34. The summed E-state index contributed by atoms with van der Waals surface area (Å²) in [7, 11) is 1.85. The van der Waals surface area contributed by atoms with Gasteiger partial charge in [-0.15, -0.1) is 0 Å². The Bertz CT molecular complexity index is 875. The highest BCUT2D eigenvalue weighted by Gasteiger charge is 2.30. The maximum atomic E-state index is 13.7. The number of aromatic nitrogens is 2. The smallest absolute Gasteiger partial charge is 0.224 e. The molecule has 1 saturated heterocycles. The van der Waals surface area contributed by atoms with Gasteiger partial charge in [-0.1, -0.05) is 6.07 Å². The fourth-order valence-electron chi connectivity index (χ4n) is 3.66. The monoisotopic (exact) mass is 402 g/mol. The summed E-state index contributed by atoms with van der Waals surface area (Å²) in [6.07, 6.45) is 4.24. The van der Waals surface area contributed by atoms with Crippen molar-refractivity contribution in [3.05, 3.63) is 47.8 Å². The number of imidazole rings is 1. The van der Waals surface area contributed by atoms with Crippen molar-refractivity contribution in [2.45, 2.75) is 38.7 Å².